The van der Waals surface area contributed by atoms with Crippen molar-refractivity contribution < 1.29 is 19.1 Å². The van der Waals surface area contributed by atoms with Gasteiger partial charge >= 0.3 is 5.97 Å². The van der Waals surface area contributed by atoms with Crippen LogP contribution in [0.1, 0.15) is 49.4 Å². The molecule has 1 amide bonds. The molecule has 1 aliphatic rings. The van der Waals surface area contributed by atoms with Crippen LogP contribution >= 0.6 is 0 Å². The predicted molar refractivity (Wildman–Crippen MR) is 122 cm³/mol. The average Bonchev–Trinajstić information content (AvgIpc) is 2.78. The van der Waals surface area contributed by atoms with E-state index in [2.05, 4.69) is 10.6 Å². The topological polar surface area (TPSA) is 109 Å². The SMILES string of the molecule is CC(N)=O.CN(c1nc2cc(C(=O)O)ccc2nc1-c1ccc(F)cc1)C1CCCCC1. The standard InChI is InChI=1S/C22H22FN3O2.C2H5NO/c1-26(17-5-3-2-4-6-17)21-20(14-7-10-16(23)11-8-14)24-18-12-9-15(22(27)28)13-19(18)25-21;1-2(3)4/h7-13,17H,2-6H2,1H3,(H,27,28);1H3,(H2,3,4). The minimum Gasteiger partial charge on any atom is -0.478 e. The van der Waals surface area contributed by atoms with Gasteiger partial charge in [0.25, 0.3) is 0 Å². The van der Waals surface area contributed by atoms with Crippen LogP contribution in [0.25, 0.3) is 22.3 Å². The zero-order chi connectivity index (χ0) is 23.3. The van der Waals surface area contributed by atoms with Crippen LogP contribution in [0.4, 0.5) is 10.2 Å². The number of nitrogens with zero attached hydrogens (tertiary/aromatic N) is 3. The summed E-state index contributed by atoms with van der Waals surface area (Å²) in [6.07, 6.45) is 5.80. The van der Waals surface area contributed by atoms with Crippen molar-refractivity contribution in [2.24, 2.45) is 5.73 Å². The van der Waals surface area contributed by atoms with Crippen molar-refractivity contribution in [1.82, 2.24) is 9.97 Å². The number of fused-ring (bicyclic) bond motifs is 1. The Morgan fingerprint density at radius 1 is 1.03 bits per heavy atom. The van der Waals surface area contributed by atoms with Crippen molar-refractivity contribution in [2.45, 2.75) is 45.1 Å². The second-order valence-corrected chi connectivity index (χ2v) is 7.92. The Kier molecular flexibility index (Phi) is 7.35. The van der Waals surface area contributed by atoms with Gasteiger partial charge in [0.1, 0.15) is 11.5 Å². The Morgan fingerprint density at radius 2 is 1.66 bits per heavy atom. The maximum atomic E-state index is 13.4. The molecule has 0 atom stereocenters. The van der Waals surface area contributed by atoms with Gasteiger partial charge in [0.05, 0.1) is 16.6 Å². The average molecular weight is 439 g/mol. The van der Waals surface area contributed by atoms with Crippen LogP contribution < -0.4 is 10.6 Å². The number of nitrogens with two attached hydrogens (primary N) is 1. The highest BCUT2D eigenvalue weighted by atomic mass is 19.1. The molecule has 0 saturated heterocycles. The molecule has 4 rings (SSSR count). The summed E-state index contributed by atoms with van der Waals surface area (Å²) in [5.74, 6) is -0.923. The lowest BCUT2D eigenvalue weighted by Gasteiger charge is -2.33. The predicted octanol–water partition coefficient (Wildman–Crippen LogP) is 4.39. The van der Waals surface area contributed by atoms with E-state index in [4.69, 9.17) is 9.97 Å². The molecule has 1 fully saturated rings. The zero-order valence-electron chi connectivity index (χ0n) is 18.2. The van der Waals surface area contributed by atoms with E-state index in [1.165, 1.54) is 44.4 Å². The van der Waals surface area contributed by atoms with Crippen molar-refractivity contribution in [2.75, 3.05) is 11.9 Å². The van der Waals surface area contributed by atoms with Crippen molar-refractivity contribution in [3.63, 3.8) is 0 Å². The van der Waals surface area contributed by atoms with E-state index in [-0.39, 0.29) is 17.3 Å². The van der Waals surface area contributed by atoms with Gasteiger partial charge in [-0.3, -0.25) is 4.79 Å². The molecule has 0 bridgehead atoms. The molecule has 0 aliphatic heterocycles. The summed E-state index contributed by atoms with van der Waals surface area (Å²) < 4.78 is 13.4. The van der Waals surface area contributed by atoms with Crippen LogP contribution in [0.15, 0.2) is 42.5 Å². The number of anilines is 1. The summed E-state index contributed by atoms with van der Waals surface area (Å²) in [6, 6.07) is 11.4. The quantitative estimate of drug-likeness (QED) is 0.625. The van der Waals surface area contributed by atoms with Gasteiger partial charge in [0.15, 0.2) is 5.82 Å². The Bertz CT molecular complexity index is 1110. The van der Waals surface area contributed by atoms with E-state index < -0.39 is 5.97 Å². The van der Waals surface area contributed by atoms with E-state index in [1.807, 2.05) is 7.05 Å². The fourth-order valence-electron chi connectivity index (χ4n) is 3.87. The van der Waals surface area contributed by atoms with Crippen molar-refractivity contribution >= 4 is 28.7 Å². The minimum atomic E-state index is -0.992. The van der Waals surface area contributed by atoms with Gasteiger partial charge in [0, 0.05) is 25.6 Å². The molecule has 0 unspecified atom stereocenters. The third-order valence-corrected chi connectivity index (χ3v) is 5.47. The minimum absolute atomic E-state index is 0.183. The normalized spacial score (nSPS) is 13.8. The Hall–Kier alpha value is -3.55. The molecule has 0 spiro atoms. The highest BCUT2D eigenvalue weighted by Gasteiger charge is 2.23. The fourth-order valence-corrected chi connectivity index (χ4v) is 3.87. The third-order valence-electron chi connectivity index (χ3n) is 5.47. The molecule has 1 aliphatic carbocycles. The summed E-state index contributed by atoms with van der Waals surface area (Å²) in [5.41, 5.74) is 7.29. The molecule has 1 heterocycles. The van der Waals surface area contributed by atoms with Crippen LogP contribution in [-0.2, 0) is 4.79 Å². The number of hydrogen-bond donors (Lipinski definition) is 2. The first-order chi connectivity index (χ1) is 15.3. The molecule has 1 aromatic heterocycles. The first kappa shape index (κ1) is 23.1. The molecule has 0 radical (unpaired) electrons. The maximum Gasteiger partial charge on any atom is 0.335 e. The van der Waals surface area contributed by atoms with Gasteiger partial charge < -0.3 is 15.7 Å². The highest BCUT2D eigenvalue weighted by molar-refractivity contribution is 5.93. The summed E-state index contributed by atoms with van der Waals surface area (Å²) in [4.78, 5) is 32.3. The monoisotopic (exact) mass is 438 g/mol. The van der Waals surface area contributed by atoms with Gasteiger partial charge in [0.2, 0.25) is 5.91 Å². The molecular formula is C24H27FN4O3. The second-order valence-electron chi connectivity index (χ2n) is 7.92. The summed E-state index contributed by atoms with van der Waals surface area (Å²) in [6.45, 7) is 1.31. The first-order valence-electron chi connectivity index (χ1n) is 10.6. The Morgan fingerprint density at radius 3 is 2.25 bits per heavy atom. The van der Waals surface area contributed by atoms with E-state index in [0.717, 1.165) is 18.4 Å². The number of rotatable bonds is 4. The van der Waals surface area contributed by atoms with Gasteiger partial charge in [-0.15, -0.1) is 0 Å². The number of carboxylic acids is 1. The zero-order valence-corrected chi connectivity index (χ0v) is 18.2. The Labute approximate surface area is 186 Å². The lowest BCUT2D eigenvalue weighted by molar-refractivity contribution is -0.115. The van der Waals surface area contributed by atoms with Gasteiger partial charge in [-0.2, -0.15) is 0 Å². The molecular weight excluding hydrogens is 411 g/mol. The maximum absolute atomic E-state index is 13.4. The van der Waals surface area contributed by atoms with Crippen LogP contribution in [0.3, 0.4) is 0 Å². The molecule has 32 heavy (non-hydrogen) atoms. The number of carboxylic acid groups (broad SMARTS) is 1. The van der Waals surface area contributed by atoms with Crippen LogP contribution in [0.5, 0.6) is 0 Å². The van der Waals surface area contributed by atoms with Crippen molar-refractivity contribution in [3.05, 3.63) is 53.8 Å². The summed E-state index contributed by atoms with van der Waals surface area (Å²) in [7, 11) is 2.01. The summed E-state index contributed by atoms with van der Waals surface area (Å²) >= 11 is 0. The van der Waals surface area contributed by atoms with E-state index in [9.17, 15) is 19.1 Å². The van der Waals surface area contributed by atoms with Gasteiger partial charge in [-0.1, -0.05) is 19.3 Å². The molecule has 8 heteroatoms. The number of carbonyl (C=O) groups excluding carboxylic acids is 1. The first-order valence-corrected chi connectivity index (χ1v) is 10.6. The van der Waals surface area contributed by atoms with Crippen molar-refractivity contribution in [1.29, 1.82) is 0 Å². The lowest BCUT2D eigenvalue weighted by atomic mass is 9.94. The number of aromatic carboxylic acids is 1. The van der Waals surface area contributed by atoms with E-state index >= 15 is 0 Å². The van der Waals surface area contributed by atoms with Gasteiger partial charge in [-0.05, 0) is 55.3 Å². The third kappa shape index (κ3) is 5.57. The lowest BCUT2D eigenvalue weighted by Crippen LogP contribution is -2.34. The number of benzene rings is 2. The molecule has 168 valence electrons. The molecule has 1 saturated carbocycles. The molecule has 7 nitrogen and oxygen atoms in total. The Balaban J connectivity index is 0.000000668. The molecule has 3 aromatic rings. The number of primary amides is 1. The fraction of sp³-hybridized carbons (Fsp3) is 0.333. The van der Waals surface area contributed by atoms with Gasteiger partial charge in [-0.25, -0.2) is 19.2 Å². The number of carbonyl (C=O) groups is 2. The molecule has 3 N–H and O–H groups in total. The smallest absolute Gasteiger partial charge is 0.335 e. The highest BCUT2D eigenvalue weighted by Crippen LogP contribution is 2.33. The van der Waals surface area contributed by atoms with Crippen LogP contribution in [0.2, 0.25) is 0 Å². The van der Waals surface area contributed by atoms with E-state index in [1.54, 1.807) is 24.3 Å². The molecule has 2 aromatic carbocycles. The number of amides is 1. The number of halogens is 1. The number of hydrogen-bond acceptors (Lipinski definition) is 5. The van der Waals surface area contributed by atoms with E-state index in [0.29, 0.717) is 28.6 Å². The van der Waals surface area contributed by atoms with Crippen LogP contribution in [0, 0.1) is 5.82 Å². The second kappa shape index (κ2) is 10.2. The number of aromatic nitrogens is 2. The van der Waals surface area contributed by atoms with Crippen molar-refractivity contribution in [3.8, 4) is 11.3 Å². The summed E-state index contributed by atoms with van der Waals surface area (Å²) in [5, 5.41) is 9.29. The van der Waals surface area contributed by atoms with Crippen LogP contribution in [-0.4, -0.2) is 40.0 Å². The largest absolute Gasteiger partial charge is 0.478 e.